The molecule has 0 radical (unpaired) electrons. The molecule has 6 heteroatoms. The van der Waals surface area contributed by atoms with Crippen molar-refractivity contribution in [2.45, 2.75) is 12.5 Å². The Morgan fingerprint density at radius 2 is 1.62 bits per heavy atom. The number of hydrogen-bond donors (Lipinski definition) is 0. The van der Waals surface area contributed by atoms with Crippen LogP contribution in [-0.2, 0) is 15.0 Å². The molecule has 3 rings (SSSR count). The molecule has 0 spiro atoms. The van der Waals surface area contributed by atoms with E-state index >= 15 is 4.32 Å². The third-order valence-corrected chi connectivity index (χ3v) is 4.44. The van der Waals surface area contributed by atoms with Crippen LogP contribution in [0.1, 0.15) is 12.5 Å². The molecule has 0 N–H and O–H groups in total. The average molecular weight is 326 g/mol. The second kappa shape index (κ2) is 5.78. The molecule has 0 saturated carbocycles. The van der Waals surface area contributed by atoms with Crippen LogP contribution in [0.2, 0.25) is 0 Å². The topological polar surface area (TPSA) is 32.5 Å². The molecule has 2 aromatic rings. The number of hydrogen-bond acceptors (Lipinski definition) is 2. The fourth-order valence-electron chi connectivity index (χ4n) is 3.15. The summed E-state index contributed by atoms with van der Waals surface area (Å²) < 4.78 is 22.7. The third-order valence-electron chi connectivity index (χ3n) is 4.44. The van der Waals surface area contributed by atoms with Crippen LogP contribution in [0, 0.1) is 0 Å². The van der Waals surface area contributed by atoms with Crippen molar-refractivity contribution in [2.24, 2.45) is 0 Å². The van der Waals surface area contributed by atoms with Crippen LogP contribution in [0.5, 0.6) is 0 Å². The average Bonchev–Trinajstić information content (AvgIpc) is 2.78. The van der Waals surface area contributed by atoms with Gasteiger partial charge in [-0.3, -0.25) is 9.69 Å². The normalized spacial score (nSPS) is 28.0. The van der Waals surface area contributed by atoms with Crippen molar-refractivity contribution in [2.75, 3.05) is 14.1 Å². The zero-order valence-electron chi connectivity index (χ0n) is 14.0. The molecule has 124 valence electrons. The van der Waals surface area contributed by atoms with Gasteiger partial charge in [0.2, 0.25) is 0 Å². The number of halogens is 1. The molecule has 0 aliphatic carbocycles. The fourth-order valence-corrected chi connectivity index (χ4v) is 3.15. The molecule has 1 saturated heterocycles. The molecule has 2 aromatic carbocycles. The number of carbonyl (C=O) groups excluding carboxylic acids is 1. The lowest BCUT2D eigenvalue weighted by Gasteiger charge is -2.31. The van der Waals surface area contributed by atoms with Gasteiger partial charge in [-0.2, -0.15) is 0 Å². The SMILES string of the molecule is CN(C)/C=[N+]1\[B-](F)(c2ccccc2)OC(=O)[C@]1(C)c1ccccc1. The van der Waals surface area contributed by atoms with Gasteiger partial charge in [0, 0.05) is 5.56 Å². The van der Waals surface area contributed by atoms with Crippen LogP contribution >= 0.6 is 0 Å². The lowest BCUT2D eigenvalue weighted by atomic mass is 9.65. The quantitative estimate of drug-likeness (QED) is 0.638. The van der Waals surface area contributed by atoms with E-state index in [0.29, 0.717) is 11.0 Å². The highest BCUT2D eigenvalue weighted by Gasteiger charge is 2.60. The third kappa shape index (κ3) is 2.38. The van der Waals surface area contributed by atoms with Crippen LogP contribution in [-0.4, -0.2) is 42.6 Å². The number of nitrogens with zero attached hydrogens (tertiary/aromatic N) is 2. The van der Waals surface area contributed by atoms with Gasteiger partial charge in [0.15, 0.2) is 11.9 Å². The molecule has 1 fully saturated rings. The van der Waals surface area contributed by atoms with Crippen molar-refractivity contribution < 1.29 is 18.3 Å². The van der Waals surface area contributed by atoms with Gasteiger partial charge in [0.1, 0.15) is 0 Å². The van der Waals surface area contributed by atoms with Gasteiger partial charge < -0.3 is 13.5 Å². The lowest BCUT2D eigenvalue weighted by Crippen LogP contribution is -2.57. The highest BCUT2D eigenvalue weighted by Crippen LogP contribution is 2.37. The summed E-state index contributed by atoms with van der Waals surface area (Å²) in [5.74, 6) is -0.599. The van der Waals surface area contributed by atoms with E-state index in [1.807, 2.05) is 30.3 Å². The minimum atomic E-state index is -3.17. The molecule has 1 unspecified atom stereocenters. The van der Waals surface area contributed by atoms with Crippen molar-refractivity contribution in [3.63, 3.8) is 0 Å². The minimum absolute atomic E-state index is 0.337. The van der Waals surface area contributed by atoms with E-state index in [-0.39, 0.29) is 0 Å². The van der Waals surface area contributed by atoms with Gasteiger partial charge in [-0.25, -0.2) is 0 Å². The summed E-state index contributed by atoms with van der Waals surface area (Å²) in [4.78, 5) is 14.5. The summed E-state index contributed by atoms with van der Waals surface area (Å²) in [6.45, 7) is -1.48. The molecule has 0 bridgehead atoms. The summed E-state index contributed by atoms with van der Waals surface area (Å²) in [6.07, 6.45) is 1.59. The molecular formula is C18H20BFN2O2. The van der Waals surface area contributed by atoms with Gasteiger partial charge >= 0.3 is 12.7 Å². The smallest absolute Gasteiger partial charge is 0.568 e. The maximum atomic E-state index is 16.0. The van der Waals surface area contributed by atoms with E-state index in [2.05, 4.69) is 0 Å². The van der Waals surface area contributed by atoms with Gasteiger partial charge in [0.25, 0.3) is 0 Å². The second-order valence-electron chi connectivity index (χ2n) is 6.39. The van der Waals surface area contributed by atoms with Gasteiger partial charge in [0.05, 0.1) is 14.1 Å². The Morgan fingerprint density at radius 1 is 1.08 bits per heavy atom. The van der Waals surface area contributed by atoms with Crippen molar-refractivity contribution in [1.29, 1.82) is 0 Å². The molecule has 24 heavy (non-hydrogen) atoms. The van der Waals surface area contributed by atoms with Gasteiger partial charge in [-0.15, -0.1) is 0 Å². The van der Waals surface area contributed by atoms with Crippen LogP contribution < -0.4 is 5.46 Å². The van der Waals surface area contributed by atoms with E-state index < -0.39 is 18.3 Å². The monoisotopic (exact) mass is 326 g/mol. The Labute approximate surface area is 141 Å². The van der Waals surface area contributed by atoms with Crippen LogP contribution in [0.4, 0.5) is 4.32 Å². The summed E-state index contributed by atoms with van der Waals surface area (Å²) in [6, 6.07) is 17.7. The van der Waals surface area contributed by atoms with Gasteiger partial charge in [-0.05, 0) is 6.92 Å². The first-order valence-electron chi connectivity index (χ1n) is 7.86. The highest BCUT2D eigenvalue weighted by atomic mass is 19.1. The Bertz CT molecular complexity index is 782. The van der Waals surface area contributed by atoms with E-state index in [9.17, 15) is 4.79 Å². The van der Waals surface area contributed by atoms with Gasteiger partial charge in [-0.1, -0.05) is 66.1 Å². The predicted octanol–water partition coefficient (Wildman–Crippen LogP) is 1.88. The van der Waals surface area contributed by atoms with E-state index in [1.54, 1.807) is 62.6 Å². The number of carbonyl (C=O) groups is 1. The number of rotatable bonds is 3. The largest absolute Gasteiger partial charge is 0.619 e. The Kier molecular flexibility index (Phi) is 3.91. The highest BCUT2D eigenvalue weighted by molar-refractivity contribution is 6.76. The molecule has 1 aliphatic rings. The van der Waals surface area contributed by atoms with E-state index in [4.69, 9.17) is 4.65 Å². The molecular weight excluding hydrogens is 306 g/mol. The molecule has 0 aromatic heterocycles. The second-order valence-corrected chi connectivity index (χ2v) is 6.39. The zero-order chi connectivity index (χ0) is 17.4. The maximum absolute atomic E-state index is 16.0. The van der Waals surface area contributed by atoms with Crippen molar-refractivity contribution in [3.8, 4) is 0 Å². The first-order chi connectivity index (χ1) is 11.4. The predicted molar refractivity (Wildman–Crippen MR) is 92.8 cm³/mol. The maximum Gasteiger partial charge on any atom is 0.568 e. The molecule has 1 aliphatic heterocycles. The van der Waals surface area contributed by atoms with Crippen LogP contribution in [0.3, 0.4) is 0 Å². The van der Waals surface area contributed by atoms with Crippen molar-refractivity contribution >= 4 is 24.5 Å². The van der Waals surface area contributed by atoms with E-state index in [1.165, 1.54) is 4.49 Å². The Morgan fingerprint density at radius 3 is 2.17 bits per heavy atom. The minimum Gasteiger partial charge on any atom is -0.619 e. The van der Waals surface area contributed by atoms with Crippen LogP contribution in [0.15, 0.2) is 60.7 Å². The first-order valence-corrected chi connectivity index (χ1v) is 7.86. The lowest BCUT2D eigenvalue weighted by molar-refractivity contribution is -0.483. The molecule has 0 amide bonds. The summed E-state index contributed by atoms with van der Waals surface area (Å²) in [5, 5.41) is 0. The van der Waals surface area contributed by atoms with Crippen LogP contribution in [0.25, 0.3) is 0 Å². The summed E-state index contributed by atoms with van der Waals surface area (Å²) in [5.41, 5.74) is -0.218. The van der Waals surface area contributed by atoms with E-state index in [0.717, 1.165) is 0 Å². The summed E-state index contributed by atoms with van der Waals surface area (Å²) in [7, 11) is 3.57. The zero-order valence-corrected chi connectivity index (χ0v) is 14.0. The molecule has 2 atom stereocenters. The first kappa shape index (κ1) is 16.2. The Balaban J connectivity index is 2.23. The van der Waals surface area contributed by atoms with Crippen molar-refractivity contribution in [1.82, 2.24) is 4.90 Å². The van der Waals surface area contributed by atoms with Crippen molar-refractivity contribution in [3.05, 3.63) is 66.2 Å². The molecule has 1 heterocycles. The standard InChI is InChI=1S/C18H20BFN2O2/c1-18(15-10-6-4-7-11-15)17(23)24-19(20,22(18)14-21(2)3)16-12-8-5-9-13-16/h4-14H,1-3H3/b22-14-/t18-,19?/m0/s1. The molecule has 4 nitrogen and oxygen atoms in total. The Hall–Kier alpha value is -2.63. The summed E-state index contributed by atoms with van der Waals surface area (Å²) >= 11 is 0. The fraction of sp³-hybridized carbons (Fsp3) is 0.222. The number of benzene rings is 2.